The van der Waals surface area contributed by atoms with E-state index >= 15 is 0 Å². The molecule has 104 valence electrons. The second-order valence-electron chi connectivity index (χ2n) is 4.27. The van der Waals surface area contributed by atoms with E-state index in [4.69, 9.17) is 58.0 Å². The van der Waals surface area contributed by atoms with E-state index in [0.717, 1.165) is 6.42 Å². The summed E-state index contributed by atoms with van der Waals surface area (Å²) in [5.74, 6) is 0.0785. The summed E-state index contributed by atoms with van der Waals surface area (Å²) in [7, 11) is 0. The van der Waals surface area contributed by atoms with Gasteiger partial charge in [-0.3, -0.25) is 0 Å². The molecule has 0 amide bonds. The molecule has 0 bridgehead atoms. The van der Waals surface area contributed by atoms with Gasteiger partial charge >= 0.3 is 0 Å². The van der Waals surface area contributed by atoms with Crippen LogP contribution in [0.5, 0.6) is 0 Å². The predicted molar refractivity (Wildman–Crippen MR) is 78.1 cm³/mol. The standard InChI is InChI=1S/C10H14Cl5N3/c1-4-5-18-8(7(6(2)3)16-17-18)9(11,12)10(13,14)15/h6H,4-5H2,1-3H3. The van der Waals surface area contributed by atoms with Crippen LogP contribution in [0.3, 0.4) is 0 Å². The number of hydrogen-bond donors (Lipinski definition) is 0. The number of hydrogen-bond acceptors (Lipinski definition) is 2. The maximum absolute atomic E-state index is 6.24. The average Bonchev–Trinajstić information content (AvgIpc) is 2.60. The van der Waals surface area contributed by atoms with Gasteiger partial charge in [-0.2, -0.15) is 0 Å². The third kappa shape index (κ3) is 3.18. The molecule has 0 unspecified atom stereocenters. The van der Waals surface area contributed by atoms with E-state index in [0.29, 0.717) is 17.9 Å². The topological polar surface area (TPSA) is 30.7 Å². The molecule has 0 atom stereocenters. The molecule has 0 saturated carbocycles. The monoisotopic (exact) mass is 351 g/mol. The van der Waals surface area contributed by atoms with E-state index in [-0.39, 0.29) is 5.92 Å². The lowest BCUT2D eigenvalue weighted by Gasteiger charge is -2.29. The molecule has 0 fully saturated rings. The van der Waals surface area contributed by atoms with Crippen LogP contribution in [0.4, 0.5) is 0 Å². The van der Waals surface area contributed by atoms with Gasteiger partial charge in [0, 0.05) is 6.54 Å². The molecular formula is C10H14Cl5N3. The fourth-order valence-electron chi connectivity index (χ4n) is 1.54. The number of rotatable bonds is 4. The molecule has 18 heavy (non-hydrogen) atoms. The van der Waals surface area contributed by atoms with Crippen LogP contribution >= 0.6 is 58.0 Å². The zero-order valence-electron chi connectivity index (χ0n) is 10.2. The second-order valence-corrected chi connectivity index (χ2v) is 7.88. The number of aromatic nitrogens is 3. The Hall–Kier alpha value is 0.590. The predicted octanol–water partition coefficient (Wildman–Crippen LogP) is 4.81. The van der Waals surface area contributed by atoms with Crippen LogP contribution in [-0.4, -0.2) is 18.8 Å². The number of nitrogens with zero attached hydrogens (tertiary/aromatic N) is 3. The molecule has 3 nitrogen and oxygen atoms in total. The summed E-state index contributed by atoms with van der Waals surface area (Å²) in [6.07, 6.45) is 0.845. The van der Waals surface area contributed by atoms with E-state index in [2.05, 4.69) is 10.3 Å². The maximum atomic E-state index is 6.24. The number of aryl methyl sites for hydroxylation is 1. The third-order valence-electron chi connectivity index (χ3n) is 2.40. The first kappa shape index (κ1) is 16.6. The van der Waals surface area contributed by atoms with Crippen LogP contribution in [0.25, 0.3) is 0 Å². The van der Waals surface area contributed by atoms with Crippen molar-refractivity contribution in [2.75, 3.05) is 0 Å². The molecule has 0 aliphatic carbocycles. The van der Waals surface area contributed by atoms with Crippen LogP contribution in [0.1, 0.15) is 44.5 Å². The molecule has 0 aliphatic heterocycles. The van der Waals surface area contributed by atoms with Gasteiger partial charge in [-0.25, -0.2) is 4.68 Å². The summed E-state index contributed by atoms with van der Waals surface area (Å²) in [4.78, 5) is 0. The van der Waals surface area contributed by atoms with Crippen LogP contribution in [-0.2, 0) is 10.9 Å². The Labute approximate surface area is 132 Å². The van der Waals surface area contributed by atoms with Gasteiger partial charge in [-0.1, -0.05) is 84.0 Å². The highest BCUT2D eigenvalue weighted by atomic mass is 35.6. The largest absolute Gasteiger partial charge is 0.246 e. The molecule has 1 heterocycles. The molecular weight excluding hydrogens is 339 g/mol. The summed E-state index contributed by atoms with van der Waals surface area (Å²) in [5, 5.41) is 8.11. The first-order chi connectivity index (χ1) is 8.13. The maximum Gasteiger partial charge on any atom is 0.228 e. The van der Waals surface area contributed by atoms with E-state index in [1.165, 1.54) is 0 Å². The molecule has 0 spiro atoms. The van der Waals surface area contributed by atoms with E-state index < -0.39 is 8.13 Å². The molecule has 0 radical (unpaired) electrons. The second kappa shape index (κ2) is 5.92. The highest BCUT2D eigenvalue weighted by molar-refractivity contribution is 6.75. The SMILES string of the molecule is CCCn1nnc(C(C)C)c1C(Cl)(Cl)C(Cl)(Cl)Cl. The van der Waals surface area contributed by atoms with Gasteiger partial charge in [0.25, 0.3) is 0 Å². The number of alkyl halides is 5. The Morgan fingerprint density at radius 3 is 2.11 bits per heavy atom. The zero-order chi connectivity index (χ0) is 14.1. The van der Waals surface area contributed by atoms with E-state index in [1.807, 2.05) is 20.8 Å². The third-order valence-corrected chi connectivity index (χ3v) is 4.75. The molecule has 1 rings (SSSR count). The molecule has 1 aromatic rings. The Morgan fingerprint density at radius 2 is 1.72 bits per heavy atom. The van der Waals surface area contributed by atoms with Gasteiger partial charge in [0.05, 0.1) is 5.69 Å². The average molecular weight is 354 g/mol. The van der Waals surface area contributed by atoms with Crippen LogP contribution in [0.2, 0.25) is 0 Å². The lowest BCUT2D eigenvalue weighted by Crippen LogP contribution is -2.32. The summed E-state index contributed by atoms with van der Waals surface area (Å²) < 4.78 is -1.97. The van der Waals surface area contributed by atoms with Crippen LogP contribution < -0.4 is 0 Å². The van der Waals surface area contributed by atoms with Gasteiger partial charge in [0.2, 0.25) is 8.13 Å². The van der Waals surface area contributed by atoms with Crippen molar-refractivity contribution >= 4 is 58.0 Å². The van der Waals surface area contributed by atoms with Crippen molar-refractivity contribution in [1.82, 2.24) is 15.0 Å². The lowest BCUT2D eigenvalue weighted by atomic mass is 10.1. The van der Waals surface area contributed by atoms with Crippen molar-refractivity contribution in [3.05, 3.63) is 11.4 Å². The Kier molecular flexibility index (Phi) is 5.48. The summed E-state index contributed by atoms with van der Waals surface area (Å²) in [6, 6.07) is 0. The smallest absolute Gasteiger partial charge is 0.228 e. The van der Waals surface area contributed by atoms with Crippen LogP contribution in [0.15, 0.2) is 0 Å². The van der Waals surface area contributed by atoms with Gasteiger partial charge in [-0.05, 0) is 12.3 Å². The van der Waals surface area contributed by atoms with Crippen LogP contribution in [0, 0.1) is 0 Å². The van der Waals surface area contributed by atoms with Crippen molar-refractivity contribution in [3.63, 3.8) is 0 Å². The minimum Gasteiger partial charge on any atom is -0.246 e. The Bertz CT molecular complexity index is 408. The van der Waals surface area contributed by atoms with Crippen molar-refractivity contribution in [2.24, 2.45) is 0 Å². The minimum absolute atomic E-state index is 0.0785. The first-order valence-corrected chi connectivity index (χ1v) is 7.40. The molecule has 8 heteroatoms. The molecule has 1 aromatic heterocycles. The quantitative estimate of drug-likeness (QED) is 0.727. The summed E-state index contributed by atoms with van der Waals surface area (Å²) in [6.45, 7) is 6.51. The molecule has 0 aliphatic rings. The van der Waals surface area contributed by atoms with E-state index in [1.54, 1.807) is 4.68 Å². The Balaban J connectivity index is 3.39. The van der Waals surface area contributed by atoms with E-state index in [9.17, 15) is 0 Å². The van der Waals surface area contributed by atoms with Crippen molar-refractivity contribution in [3.8, 4) is 0 Å². The first-order valence-electron chi connectivity index (χ1n) is 5.51. The van der Waals surface area contributed by atoms with Gasteiger partial charge in [0.1, 0.15) is 5.69 Å². The van der Waals surface area contributed by atoms with Gasteiger partial charge in [-0.15, -0.1) is 5.10 Å². The normalized spacial score (nSPS) is 13.4. The Morgan fingerprint density at radius 1 is 1.17 bits per heavy atom. The fourth-order valence-corrected chi connectivity index (χ4v) is 2.20. The van der Waals surface area contributed by atoms with Gasteiger partial charge in [0.15, 0.2) is 0 Å². The van der Waals surface area contributed by atoms with Crippen molar-refractivity contribution < 1.29 is 0 Å². The van der Waals surface area contributed by atoms with Gasteiger partial charge < -0.3 is 0 Å². The number of halogens is 5. The summed E-state index contributed by atoms with van der Waals surface area (Å²) >= 11 is 30.1. The van der Waals surface area contributed by atoms with Crippen molar-refractivity contribution in [1.29, 1.82) is 0 Å². The highest BCUT2D eigenvalue weighted by Gasteiger charge is 2.51. The summed E-state index contributed by atoms with van der Waals surface area (Å²) in [5.41, 5.74) is 1.09. The lowest BCUT2D eigenvalue weighted by molar-refractivity contribution is 0.542. The van der Waals surface area contributed by atoms with Crippen molar-refractivity contribution in [2.45, 2.75) is 47.8 Å². The molecule has 0 aromatic carbocycles. The highest BCUT2D eigenvalue weighted by Crippen LogP contribution is 2.53. The molecule has 0 N–H and O–H groups in total. The molecule has 0 saturated heterocycles. The fraction of sp³-hybridized carbons (Fsp3) is 0.800. The minimum atomic E-state index is -1.87. The zero-order valence-corrected chi connectivity index (χ0v) is 14.0.